The minimum Gasteiger partial charge on any atom is -0.495 e. The maximum atomic E-state index is 12.6. The van der Waals surface area contributed by atoms with Crippen molar-refractivity contribution in [2.75, 3.05) is 26.9 Å². The Morgan fingerprint density at radius 3 is 2.89 bits per heavy atom. The van der Waals surface area contributed by atoms with E-state index in [2.05, 4.69) is 15.5 Å². The molecule has 144 valence electrons. The summed E-state index contributed by atoms with van der Waals surface area (Å²) < 4.78 is 16.8. The van der Waals surface area contributed by atoms with Gasteiger partial charge in [-0.05, 0) is 31.2 Å². The molecule has 0 saturated heterocycles. The molecule has 2 N–H and O–H groups in total. The summed E-state index contributed by atoms with van der Waals surface area (Å²) in [4.78, 5) is 12.6. The summed E-state index contributed by atoms with van der Waals surface area (Å²) >= 11 is 0. The van der Waals surface area contributed by atoms with Gasteiger partial charge in [0.2, 0.25) is 0 Å². The van der Waals surface area contributed by atoms with Crippen molar-refractivity contribution in [3.8, 4) is 17.2 Å². The van der Waals surface area contributed by atoms with Crippen molar-refractivity contribution in [1.82, 2.24) is 15.5 Å². The minimum absolute atomic E-state index is 0.227. The number of nitrogens with one attached hydrogen (secondary N) is 2. The topological polar surface area (TPSA) is 89.4 Å². The van der Waals surface area contributed by atoms with Gasteiger partial charge in [-0.1, -0.05) is 18.2 Å². The first-order chi connectivity index (χ1) is 13.7. The van der Waals surface area contributed by atoms with E-state index in [-0.39, 0.29) is 5.91 Å². The second kappa shape index (κ2) is 7.74. The van der Waals surface area contributed by atoms with Gasteiger partial charge in [-0.15, -0.1) is 0 Å². The molecule has 0 atom stereocenters. The van der Waals surface area contributed by atoms with E-state index in [0.717, 1.165) is 11.0 Å². The van der Waals surface area contributed by atoms with Gasteiger partial charge in [0.1, 0.15) is 17.0 Å². The van der Waals surface area contributed by atoms with E-state index in [9.17, 15) is 4.79 Å². The van der Waals surface area contributed by atoms with Crippen molar-refractivity contribution in [1.29, 1.82) is 0 Å². The van der Waals surface area contributed by atoms with Crippen LogP contribution in [0.2, 0.25) is 0 Å². The molecule has 2 aromatic carbocycles. The molecule has 0 bridgehead atoms. The molecule has 4 rings (SSSR count). The maximum absolute atomic E-state index is 12.6. The summed E-state index contributed by atoms with van der Waals surface area (Å²) in [5, 5.41) is 11.9. The highest BCUT2D eigenvalue weighted by Gasteiger charge is 2.21. The second-order valence-corrected chi connectivity index (χ2v) is 6.24. The quantitative estimate of drug-likeness (QED) is 0.477. The molecule has 0 aliphatic rings. The number of benzene rings is 2. The lowest BCUT2D eigenvalue weighted by molar-refractivity contribution is 0.0920. The number of rotatable bonds is 7. The van der Waals surface area contributed by atoms with E-state index in [0.29, 0.717) is 53.4 Å². The summed E-state index contributed by atoms with van der Waals surface area (Å²) in [5.74, 6) is 0.863. The van der Waals surface area contributed by atoms with Gasteiger partial charge in [0.25, 0.3) is 5.91 Å². The van der Waals surface area contributed by atoms with Crippen LogP contribution in [-0.4, -0.2) is 43.0 Å². The summed E-state index contributed by atoms with van der Waals surface area (Å²) in [6.07, 6.45) is 0. The third-order valence-electron chi connectivity index (χ3n) is 4.53. The van der Waals surface area contributed by atoms with E-state index in [1.54, 1.807) is 19.2 Å². The van der Waals surface area contributed by atoms with Gasteiger partial charge in [-0.25, -0.2) is 0 Å². The number of hydrogen-bond acceptors (Lipinski definition) is 5. The first-order valence-corrected chi connectivity index (χ1v) is 9.13. The molecule has 0 aliphatic heterocycles. The largest absolute Gasteiger partial charge is 0.495 e. The Balaban J connectivity index is 1.76. The number of furan rings is 1. The van der Waals surface area contributed by atoms with Crippen LogP contribution in [-0.2, 0) is 4.74 Å². The lowest BCUT2D eigenvalue weighted by Crippen LogP contribution is -2.27. The Bertz CT molecular complexity index is 1100. The van der Waals surface area contributed by atoms with Crippen molar-refractivity contribution in [3.05, 3.63) is 48.0 Å². The fourth-order valence-corrected chi connectivity index (χ4v) is 3.23. The monoisotopic (exact) mass is 379 g/mol. The molecule has 2 aromatic heterocycles. The lowest BCUT2D eigenvalue weighted by Gasteiger charge is -2.11. The number of aromatic nitrogens is 2. The zero-order chi connectivity index (χ0) is 19.5. The predicted octanol–water partition coefficient (Wildman–Crippen LogP) is 3.75. The van der Waals surface area contributed by atoms with Crippen LogP contribution in [0.15, 0.2) is 46.9 Å². The van der Waals surface area contributed by atoms with E-state index in [1.165, 1.54) is 0 Å². The zero-order valence-corrected chi connectivity index (χ0v) is 15.7. The van der Waals surface area contributed by atoms with Crippen LogP contribution in [0.1, 0.15) is 17.3 Å². The molecular formula is C21H21N3O4. The molecule has 4 aromatic rings. The highest BCUT2D eigenvalue weighted by molar-refractivity contribution is 6.07. The molecule has 1 amide bonds. The normalized spacial score (nSPS) is 11.2. The molecule has 28 heavy (non-hydrogen) atoms. The SMILES string of the molecule is CCOCCNC(=O)c1ccc2n[nH]c(-c3cc4ccccc4o3)c2c1OC. The summed E-state index contributed by atoms with van der Waals surface area (Å²) in [7, 11) is 1.54. The van der Waals surface area contributed by atoms with Crippen LogP contribution >= 0.6 is 0 Å². The third-order valence-corrected chi connectivity index (χ3v) is 4.53. The van der Waals surface area contributed by atoms with Gasteiger partial charge in [0.05, 0.1) is 30.2 Å². The number of para-hydroxylation sites is 1. The van der Waals surface area contributed by atoms with Crippen molar-refractivity contribution < 1.29 is 18.7 Å². The minimum atomic E-state index is -0.227. The Hall–Kier alpha value is -3.32. The number of aromatic amines is 1. The van der Waals surface area contributed by atoms with Gasteiger partial charge in [-0.3, -0.25) is 9.89 Å². The number of H-pyrrole nitrogens is 1. The Labute approximate surface area is 161 Å². The Kier molecular flexibility index (Phi) is 4.99. The maximum Gasteiger partial charge on any atom is 0.255 e. The number of fused-ring (bicyclic) bond motifs is 2. The molecule has 0 saturated carbocycles. The number of ether oxygens (including phenoxy) is 2. The highest BCUT2D eigenvalue weighted by Crippen LogP contribution is 2.38. The molecule has 0 radical (unpaired) electrons. The number of carbonyl (C=O) groups is 1. The molecule has 7 heteroatoms. The molecule has 0 fully saturated rings. The molecular weight excluding hydrogens is 358 g/mol. The standard InChI is InChI=1S/C21H21N3O4/c1-3-27-11-10-22-21(25)14-8-9-15-18(20(14)26-2)19(24-23-15)17-12-13-6-4-5-7-16(13)28-17/h4-9,12H,3,10-11H2,1-2H3,(H,22,25)(H,23,24). The van der Waals surface area contributed by atoms with Crippen molar-refractivity contribution >= 4 is 27.8 Å². The molecule has 0 aliphatic carbocycles. The fraction of sp³-hybridized carbons (Fsp3) is 0.238. The second-order valence-electron chi connectivity index (χ2n) is 6.24. The zero-order valence-electron chi connectivity index (χ0n) is 15.7. The van der Waals surface area contributed by atoms with Crippen molar-refractivity contribution in [3.63, 3.8) is 0 Å². The van der Waals surface area contributed by atoms with E-state index < -0.39 is 0 Å². The number of hydrogen-bond donors (Lipinski definition) is 2. The Morgan fingerprint density at radius 2 is 2.11 bits per heavy atom. The first-order valence-electron chi connectivity index (χ1n) is 9.13. The highest BCUT2D eigenvalue weighted by atomic mass is 16.5. The van der Waals surface area contributed by atoms with Crippen LogP contribution in [0.3, 0.4) is 0 Å². The average molecular weight is 379 g/mol. The third kappa shape index (κ3) is 3.20. The molecule has 7 nitrogen and oxygen atoms in total. The van der Waals surface area contributed by atoms with E-state index in [1.807, 2.05) is 37.3 Å². The van der Waals surface area contributed by atoms with E-state index >= 15 is 0 Å². The van der Waals surface area contributed by atoms with Gasteiger partial charge in [0.15, 0.2) is 5.76 Å². The summed E-state index contributed by atoms with van der Waals surface area (Å²) in [6, 6.07) is 13.2. The van der Waals surface area contributed by atoms with Crippen LogP contribution in [0.4, 0.5) is 0 Å². The van der Waals surface area contributed by atoms with Crippen LogP contribution in [0.25, 0.3) is 33.3 Å². The predicted molar refractivity (Wildman–Crippen MR) is 107 cm³/mol. The average Bonchev–Trinajstić information content (AvgIpc) is 3.33. The van der Waals surface area contributed by atoms with E-state index in [4.69, 9.17) is 13.9 Å². The number of amides is 1. The lowest BCUT2D eigenvalue weighted by atomic mass is 10.1. The molecule has 2 heterocycles. The van der Waals surface area contributed by atoms with Crippen LogP contribution < -0.4 is 10.1 Å². The number of methoxy groups -OCH3 is 1. The molecule has 0 spiro atoms. The molecule has 0 unspecified atom stereocenters. The number of carbonyl (C=O) groups excluding carboxylic acids is 1. The van der Waals surface area contributed by atoms with Crippen molar-refractivity contribution in [2.45, 2.75) is 6.92 Å². The Morgan fingerprint density at radius 1 is 1.25 bits per heavy atom. The van der Waals surface area contributed by atoms with Gasteiger partial charge < -0.3 is 19.2 Å². The van der Waals surface area contributed by atoms with Gasteiger partial charge >= 0.3 is 0 Å². The van der Waals surface area contributed by atoms with Gasteiger partial charge in [-0.2, -0.15) is 5.10 Å². The number of nitrogens with zero attached hydrogens (tertiary/aromatic N) is 1. The summed E-state index contributed by atoms with van der Waals surface area (Å²) in [5.41, 5.74) is 2.58. The van der Waals surface area contributed by atoms with Crippen LogP contribution in [0.5, 0.6) is 5.75 Å². The van der Waals surface area contributed by atoms with Crippen molar-refractivity contribution in [2.24, 2.45) is 0 Å². The fourth-order valence-electron chi connectivity index (χ4n) is 3.23. The van der Waals surface area contributed by atoms with Crippen LogP contribution in [0, 0.1) is 0 Å². The summed E-state index contributed by atoms with van der Waals surface area (Å²) in [6.45, 7) is 3.41. The van der Waals surface area contributed by atoms with Gasteiger partial charge in [0, 0.05) is 18.5 Å². The smallest absolute Gasteiger partial charge is 0.255 e. The first kappa shape index (κ1) is 18.1.